The SMILES string of the molecule is COc1cc(N[C@H](C)C(=O)N2C[C@@H](C)C[C@H](C)C2)c(OC)cc1Cl. The molecule has 1 aliphatic heterocycles. The summed E-state index contributed by atoms with van der Waals surface area (Å²) in [6.45, 7) is 7.89. The van der Waals surface area contributed by atoms with Gasteiger partial charge < -0.3 is 19.7 Å². The van der Waals surface area contributed by atoms with E-state index in [1.807, 2.05) is 11.8 Å². The Hall–Kier alpha value is -1.62. The van der Waals surface area contributed by atoms with E-state index < -0.39 is 0 Å². The average Bonchev–Trinajstić information content (AvgIpc) is 2.54. The van der Waals surface area contributed by atoms with Gasteiger partial charge in [-0.05, 0) is 25.2 Å². The Morgan fingerprint density at radius 3 is 2.33 bits per heavy atom. The van der Waals surface area contributed by atoms with Crippen molar-refractivity contribution in [3.8, 4) is 11.5 Å². The molecule has 0 aliphatic carbocycles. The number of halogens is 1. The van der Waals surface area contributed by atoms with E-state index in [-0.39, 0.29) is 11.9 Å². The van der Waals surface area contributed by atoms with Crippen molar-refractivity contribution in [3.05, 3.63) is 17.2 Å². The minimum atomic E-state index is -0.359. The van der Waals surface area contributed by atoms with Crippen LogP contribution in [0.15, 0.2) is 12.1 Å². The smallest absolute Gasteiger partial charge is 0.244 e. The van der Waals surface area contributed by atoms with Gasteiger partial charge in [0.1, 0.15) is 17.5 Å². The molecule has 1 saturated heterocycles. The highest BCUT2D eigenvalue weighted by atomic mass is 35.5. The van der Waals surface area contributed by atoms with E-state index in [1.165, 1.54) is 6.42 Å². The Morgan fingerprint density at radius 2 is 1.79 bits per heavy atom. The van der Waals surface area contributed by atoms with Crippen molar-refractivity contribution >= 4 is 23.2 Å². The van der Waals surface area contributed by atoms with Gasteiger partial charge in [-0.2, -0.15) is 0 Å². The Kier molecular flexibility index (Phi) is 6.21. The number of likely N-dealkylation sites (tertiary alicyclic amines) is 1. The van der Waals surface area contributed by atoms with E-state index in [1.54, 1.807) is 26.4 Å². The van der Waals surface area contributed by atoms with Crippen molar-refractivity contribution in [1.29, 1.82) is 0 Å². The standard InChI is InChI=1S/C18H27ClN2O3/c1-11-6-12(2)10-21(9-11)18(22)13(3)20-15-8-16(23-4)14(19)7-17(15)24-5/h7-8,11-13,20H,6,9-10H2,1-5H3/t11-,12-,13+/m0/s1. The van der Waals surface area contributed by atoms with Gasteiger partial charge in [-0.3, -0.25) is 4.79 Å². The van der Waals surface area contributed by atoms with Gasteiger partial charge in [-0.25, -0.2) is 0 Å². The number of anilines is 1. The summed E-state index contributed by atoms with van der Waals surface area (Å²) in [6.07, 6.45) is 1.17. The van der Waals surface area contributed by atoms with E-state index in [2.05, 4.69) is 19.2 Å². The van der Waals surface area contributed by atoms with Crippen LogP contribution in [0.5, 0.6) is 11.5 Å². The number of piperidine rings is 1. The molecule has 1 N–H and O–H groups in total. The number of carbonyl (C=O) groups excluding carboxylic acids is 1. The Labute approximate surface area is 149 Å². The second-order valence-corrected chi connectivity index (χ2v) is 7.15. The minimum absolute atomic E-state index is 0.101. The van der Waals surface area contributed by atoms with Crippen LogP contribution in [-0.2, 0) is 4.79 Å². The van der Waals surface area contributed by atoms with Crippen LogP contribution in [0.1, 0.15) is 27.2 Å². The predicted molar refractivity (Wildman–Crippen MR) is 97.2 cm³/mol. The van der Waals surface area contributed by atoms with Crippen molar-refractivity contribution < 1.29 is 14.3 Å². The molecule has 1 aromatic carbocycles. The van der Waals surface area contributed by atoms with Crippen LogP contribution in [0, 0.1) is 11.8 Å². The van der Waals surface area contributed by atoms with Crippen molar-refractivity contribution in [2.45, 2.75) is 33.2 Å². The molecule has 0 unspecified atom stereocenters. The first kappa shape index (κ1) is 18.7. The summed E-state index contributed by atoms with van der Waals surface area (Å²) in [5.41, 5.74) is 0.692. The number of hydrogen-bond donors (Lipinski definition) is 1. The van der Waals surface area contributed by atoms with Crippen LogP contribution in [0.3, 0.4) is 0 Å². The maximum Gasteiger partial charge on any atom is 0.244 e. The van der Waals surface area contributed by atoms with Crippen LogP contribution in [-0.4, -0.2) is 44.2 Å². The first-order valence-electron chi connectivity index (χ1n) is 8.32. The monoisotopic (exact) mass is 354 g/mol. The van der Waals surface area contributed by atoms with Crippen molar-refractivity contribution in [2.24, 2.45) is 11.8 Å². The maximum absolute atomic E-state index is 12.8. The van der Waals surface area contributed by atoms with Crippen molar-refractivity contribution in [2.75, 3.05) is 32.6 Å². The van der Waals surface area contributed by atoms with Crippen LogP contribution in [0.4, 0.5) is 5.69 Å². The zero-order chi connectivity index (χ0) is 17.9. The molecule has 1 heterocycles. The molecule has 0 aromatic heterocycles. The first-order chi connectivity index (χ1) is 11.3. The fourth-order valence-corrected chi connectivity index (χ4v) is 3.62. The average molecular weight is 355 g/mol. The molecule has 2 rings (SSSR count). The number of ether oxygens (including phenoxy) is 2. The molecule has 24 heavy (non-hydrogen) atoms. The number of methoxy groups -OCH3 is 2. The van der Waals surface area contributed by atoms with E-state index >= 15 is 0 Å². The topological polar surface area (TPSA) is 50.8 Å². The lowest BCUT2D eigenvalue weighted by molar-refractivity contribution is -0.134. The number of amides is 1. The third-order valence-electron chi connectivity index (χ3n) is 4.40. The highest BCUT2D eigenvalue weighted by Gasteiger charge is 2.28. The molecule has 1 fully saturated rings. The molecule has 0 spiro atoms. The van der Waals surface area contributed by atoms with Crippen LogP contribution in [0.25, 0.3) is 0 Å². The maximum atomic E-state index is 12.8. The summed E-state index contributed by atoms with van der Waals surface area (Å²) in [5, 5.41) is 3.71. The second kappa shape index (κ2) is 7.97. The fourth-order valence-electron chi connectivity index (χ4n) is 3.38. The van der Waals surface area contributed by atoms with E-state index in [0.29, 0.717) is 34.0 Å². The summed E-state index contributed by atoms with van der Waals surface area (Å²) in [7, 11) is 3.13. The lowest BCUT2D eigenvalue weighted by atomic mass is 9.91. The first-order valence-corrected chi connectivity index (χ1v) is 8.70. The molecular weight excluding hydrogens is 328 g/mol. The van der Waals surface area contributed by atoms with Crippen molar-refractivity contribution in [1.82, 2.24) is 4.90 Å². The van der Waals surface area contributed by atoms with Gasteiger partial charge in [0.25, 0.3) is 0 Å². The summed E-state index contributed by atoms with van der Waals surface area (Å²) < 4.78 is 10.6. The molecule has 0 radical (unpaired) electrons. The van der Waals surface area contributed by atoms with Gasteiger partial charge in [0, 0.05) is 25.2 Å². The van der Waals surface area contributed by atoms with E-state index in [0.717, 1.165) is 13.1 Å². The largest absolute Gasteiger partial charge is 0.495 e. The van der Waals surface area contributed by atoms with Crippen LogP contribution >= 0.6 is 11.6 Å². The lowest BCUT2D eigenvalue weighted by Crippen LogP contribution is -2.48. The molecule has 1 aliphatic rings. The normalized spacial score (nSPS) is 22.0. The fraction of sp³-hybridized carbons (Fsp3) is 0.611. The highest BCUT2D eigenvalue weighted by Crippen LogP contribution is 2.36. The molecule has 134 valence electrons. The number of benzene rings is 1. The van der Waals surface area contributed by atoms with E-state index in [4.69, 9.17) is 21.1 Å². The molecule has 1 amide bonds. The summed E-state index contributed by atoms with van der Waals surface area (Å²) in [5.74, 6) is 2.30. The summed E-state index contributed by atoms with van der Waals surface area (Å²) in [4.78, 5) is 14.7. The zero-order valence-corrected chi connectivity index (χ0v) is 15.8. The molecule has 3 atom stereocenters. The van der Waals surface area contributed by atoms with E-state index in [9.17, 15) is 4.79 Å². The number of nitrogens with one attached hydrogen (secondary N) is 1. The predicted octanol–water partition coefficient (Wildman–Crippen LogP) is 3.66. The summed E-state index contributed by atoms with van der Waals surface area (Å²) >= 11 is 6.13. The van der Waals surface area contributed by atoms with Gasteiger partial charge in [0.15, 0.2) is 0 Å². The van der Waals surface area contributed by atoms with Crippen molar-refractivity contribution in [3.63, 3.8) is 0 Å². The Balaban J connectivity index is 2.13. The number of rotatable bonds is 5. The number of carbonyl (C=O) groups is 1. The quantitative estimate of drug-likeness (QED) is 0.876. The molecule has 1 aromatic rings. The molecule has 6 heteroatoms. The lowest BCUT2D eigenvalue weighted by Gasteiger charge is -2.36. The Morgan fingerprint density at radius 1 is 1.21 bits per heavy atom. The minimum Gasteiger partial charge on any atom is -0.495 e. The molecule has 5 nitrogen and oxygen atoms in total. The molecule has 0 bridgehead atoms. The van der Waals surface area contributed by atoms with Gasteiger partial charge >= 0.3 is 0 Å². The van der Waals surface area contributed by atoms with Crippen LogP contribution in [0.2, 0.25) is 5.02 Å². The second-order valence-electron chi connectivity index (χ2n) is 6.74. The number of nitrogens with zero attached hydrogens (tertiary/aromatic N) is 1. The number of hydrogen-bond acceptors (Lipinski definition) is 4. The Bertz CT molecular complexity index is 584. The van der Waals surface area contributed by atoms with Gasteiger partial charge in [0.05, 0.1) is 24.9 Å². The third kappa shape index (κ3) is 4.26. The van der Waals surface area contributed by atoms with Crippen LogP contribution < -0.4 is 14.8 Å². The van der Waals surface area contributed by atoms with Gasteiger partial charge in [-0.15, -0.1) is 0 Å². The molecule has 0 saturated carbocycles. The molecular formula is C18H27ClN2O3. The van der Waals surface area contributed by atoms with Gasteiger partial charge in [0.2, 0.25) is 5.91 Å². The third-order valence-corrected chi connectivity index (χ3v) is 4.69. The van der Waals surface area contributed by atoms with Gasteiger partial charge in [-0.1, -0.05) is 25.4 Å². The summed E-state index contributed by atoms with van der Waals surface area (Å²) in [6, 6.07) is 3.08. The zero-order valence-electron chi connectivity index (χ0n) is 15.1. The highest BCUT2D eigenvalue weighted by molar-refractivity contribution is 6.32.